The maximum Gasteiger partial charge on any atom is 0.273 e. The zero-order valence-electron chi connectivity index (χ0n) is 38.1. The summed E-state index contributed by atoms with van der Waals surface area (Å²) in [6, 6.07) is 69.7. The predicted molar refractivity (Wildman–Crippen MR) is 284 cm³/mol. The fourth-order valence-corrected chi connectivity index (χ4v) is 10.6. The minimum Gasteiger partial charge on any atom is -0.457 e. The van der Waals surface area contributed by atoms with Crippen LogP contribution in [-0.4, -0.2) is 48.6 Å². The highest BCUT2D eigenvalue weighted by molar-refractivity contribution is 6.12. The lowest BCUT2D eigenvalue weighted by Crippen LogP contribution is -2.10. The number of nitrogens with zero attached hydrogens (tertiary/aromatic N) is 10. The minimum absolute atomic E-state index is 0.288. The Bertz CT molecular complexity index is 4370. The highest BCUT2D eigenvalue weighted by Gasteiger charge is 2.21. The molecule has 7 heterocycles. The molecule has 0 fully saturated rings. The molecule has 15 aromatic rings. The topological polar surface area (TPSA) is 116 Å². The van der Waals surface area contributed by atoms with Gasteiger partial charge in [0.2, 0.25) is 0 Å². The standard InChI is InChI=1S/C60H36N10O2/c1-5-17-49-43(15-1)45-27-23-37(33-53(45)67(49)57-21-9-11-31-61-57)71-39-25-29-47-48-30-26-40(72-38-24-28-46-44-16-2-6-18-50(44)68(54(46)34-38)58-22-10-12-32-62-58)36-56(48)70(55(47)35-39)60-65-63-59(64-66-60)69-51-19-7-3-13-41(51)42-14-4-8-20-52(42)69/h1-36H. The smallest absolute Gasteiger partial charge is 0.273 e. The van der Waals surface area contributed by atoms with E-state index in [1.165, 1.54) is 0 Å². The van der Waals surface area contributed by atoms with Crippen LogP contribution in [0.5, 0.6) is 23.0 Å². The zero-order valence-corrected chi connectivity index (χ0v) is 38.1. The van der Waals surface area contributed by atoms with E-state index in [0.29, 0.717) is 28.9 Å². The Labute approximate surface area is 408 Å². The van der Waals surface area contributed by atoms with E-state index in [1.54, 1.807) is 0 Å². The summed E-state index contributed by atoms with van der Waals surface area (Å²) in [7, 11) is 0. The van der Waals surface area contributed by atoms with Gasteiger partial charge in [0.1, 0.15) is 34.6 Å². The molecule has 8 aromatic carbocycles. The molecule has 0 bridgehead atoms. The first-order chi connectivity index (χ1) is 35.7. The molecule has 0 unspecified atom stereocenters. The number of aromatic nitrogens is 10. The second-order valence-electron chi connectivity index (χ2n) is 17.7. The quantitative estimate of drug-likeness (QED) is 0.148. The van der Waals surface area contributed by atoms with Crippen molar-refractivity contribution in [3.05, 3.63) is 219 Å². The van der Waals surface area contributed by atoms with E-state index in [9.17, 15) is 0 Å². The summed E-state index contributed by atoms with van der Waals surface area (Å²) < 4.78 is 21.9. The summed E-state index contributed by atoms with van der Waals surface area (Å²) >= 11 is 0. The zero-order chi connectivity index (χ0) is 47.3. The lowest BCUT2D eigenvalue weighted by molar-refractivity contribution is 0.484. The molecule has 0 spiro atoms. The highest BCUT2D eigenvalue weighted by atomic mass is 16.5. The molecular formula is C60H36N10O2. The molecule has 0 saturated heterocycles. The van der Waals surface area contributed by atoms with Crippen LogP contribution in [0.15, 0.2) is 219 Å². The second-order valence-corrected chi connectivity index (χ2v) is 17.7. The van der Waals surface area contributed by atoms with E-state index in [2.05, 4.69) is 118 Å². The number of benzene rings is 8. The van der Waals surface area contributed by atoms with Gasteiger partial charge in [0.15, 0.2) is 0 Å². The van der Waals surface area contributed by atoms with Crippen LogP contribution >= 0.6 is 0 Å². The number of ether oxygens (including phenoxy) is 2. The van der Waals surface area contributed by atoms with E-state index < -0.39 is 0 Å². The number of hydrogen-bond acceptors (Lipinski definition) is 8. The van der Waals surface area contributed by atoms with Gasteiger partial charge in [0.25, 0.3) is 11.9 Å². The van der Waals surface area contributed by atoms with E-state index in [0.717, 1.165) is 98.9 Å². The Morgan fingerprint density at radius 3 is 0.861 bits per heavy atom. The molecule has 12 nitrogen and oxygen atoms in total. The second kappa shape index (κ2) is 15.7. The van der Waals surface area contributed by atoms with Gasteiger partial charge in [-0.2, -0.15) is 0 Å². The van der Waals surface area contributed by atoms with Gasteiger partial charge >= 0.3 is 0 Å². The number of fused-ring (bicyclic) bond motifs is 12. The fraction of sp³-hybridized carbons (Fsp3) is 0. The molecule has 7 aromatic heterocycles. The van der Waals surface area contributed by atoms with Gasteiger partial charge in [-0.3, -0.25) is 18.3 Å². The Hall–Kier alpha value is -10.2. The maximum atomic E-state index is 6.77. The molecule has 338 valence electrons. The Morgan fingerprint density at radius 1 is 0.250 bits per heavy atom. The van der Waals surface area contributed by atoms with Crippen LogP contribution in [0.2, 0.25) is 0 Å². The molecule has 0 amide bonds. The average Bonchev–Trinajstić information content (AvgIpc) is 4.16. The first kappa shape index (κ1) is 39.8. The maximum absolute atomic E-state index is 6.77. The van der Waals surface area contributed by atoms with Crippen molar-refractivity contribution in [3.63, 3.8) is 0 Å². The van der Waals surface area contributed by atoms with E-state index >= 15 is 0 Å². The number of pyridine rings is 2. The third-order valence-electron chi connectivity index (χ3n) is 13.7. The number of hydrogen-bond donors (Lipinski definition) is 0. The van der Waals surface area contributed by atoms with Gasteiger partial charge in [-0.1, -0.05) is 84.9 Å². The van der Waals surface area contributed by atoms with Crippen LogP contribution in [0.3, 0.4) is 0 Å². The van der Waals surface area contributed by atoms with Crippen LogP contribution in [0.4, 0.5) is 0 Å². The van der Waals surface area contributed by atoms with Gasteiger partial charge in [0.05, 0.1) is 44.1 Å². The lowest BCUT2D eigenvalue weighted by Gasteiger charge is -2.11. The summed E-state index contributed by atoms with van der Waals surface area (Å²) in [5.41, 5.74) is 7.65. The number of para-hydroxylation sites is 4. The molecule has 0 atom stereocenters. The van der Waals surface area contributed by atoms with Gasteiger partial charge in [-0.05, 0) is 97.1 Å². The molecule has 15 rings (SSSR count). The Balaban J connectivity index is 0.871. The van der Waals surface area contributed by atoms with E-state index in [4.69, 9.17) is 39.8 Å². The Kier molecular flexibility index (Phi) is 8.65. The summed E-state index contributed by atoms with van der Waals surface area (Å²) in [5.74, 6) is 4.91. The lowest BCUT2D eigenvalue weighted by atomic mass is 10.1. The monoisotopic (exact) mass is 928 g/mol. The molecular weight excluding hydrogens is 893 g/mol. The SMILES string of the molecule is c1ccc(-n2c3ccccc3c3ccc(Oc4ccc5c6ccc(Oc7ccc8c9ccccc9n(-c9ccccn9)c8c7)cc6n(-c6nnc(-n7c8ccccc8c8ccccc87)nn6)c5c4)cc32)nc1. The van der Waals surface area contributed by atoms with Crippen molar-refractivity contribution in [2.45, 2.75) is 0 Å². The highest BCUT2D eigenvalue weighted by Crippen LogP contribution is 2.41. The first-order valence-electron chi connectivity index (χ1n) is 23.6. The van der Waals surface area contributed by atoms with Crippen LogP contribution < -0.4 is 9.47 Å². The van der Waals surface area contributed by atoms with E-state index in [1.807, 2.05) is 119 Å². The van der Waals surface area contributed by atoms with Crippen molar-refractivity contribution in [2.24, 2.45) is 0 Å². The van der Waals surface area contributed by atoms with Crippen LogP contribution in [0.1, 0.15) is 0 Å². The van der Waals surface area contributed by atoms with Crippen molar-refractivity contribution in [2.75, 3.05) is 0 Å². The minimum atomic E-state index is 0.288. The van der Waals surface area contributed by atoms with Crippen LogP contribution in [-0.2, 0) is 0 Å². The van der Waals surface area contributed by atoms with Crippen molar-refractivity contribution in [1.82, 2.24) is 48.6 Å². The van der Waals surface area contributed by atoms with Gasteiger partial charge in [0, 0.05) is 79.7 Å². The molecule has 0 N–H and O–H groups in total. The first-order valence-corrected chi connectivity index (χ1v) is 23.6. The van der Waals surface area contributed by atoms with Gasteiger partial charge in [-0.15, -0.1) is 20.4 Å². The van der Waals surface area contributed by atoms with Crippen LogP contribution in [0, 0.1) is 0 Å². The normalized spacial score (nSPS) is 11.9. The molecule has 0 aliphatic rings. The van der Waals surface area contributed by atoms with Crippen molar-refractivity contribution in [3.8, 4) is 46.5 Å². The summed E-state index contributed by atoms with van der Waals surface area (Å²) in [4.78, 5) is 9.45. The summed E-state index contributed by atoms with van der Waals surface area (Å²) in [5, 5.41) is 27.8. The van der Waals surface area contributed by atoms with E-state index in [-0.39, 0.29) is 5.95 Å². The summed E-state index contributed by atoms with van der Waals surface area (Å²) in [6.45, 7) is 0. The van der Waals surface area contributed by atoms with Crippen LogP contribution in [0.25, 0.3) is 111 Å². The van der Waals surface area contributed by atoms with Gasteiger partial charge < -0.3 is 9.47 Å². The summed E-state index contributed by atoms with van der Waals surface area (Å²) in [6.07, 6.45) is 3.63. The Morgan fingerprint density at radius 2 is 0.528 bits per heavy atom. The predicted octanol–water partition coefficient (Wildman–Crippen LogP) is 14.0. The molecule has 0 aliphatic carbocycles. The molecule has 0 saturated carbocycles. The number of rotatable bonds is 8. The molecule has 0 radical (unpaired) electrons. The fourth-order valence-electron chi connectivity index (χ4n) is 10.6. The molecule has 72 heavy (non-hydrogen) atoms. The molecule has 12 heteroatoms. The van der Waals surface area contributed by atoms with Gasteiger partial charge in [-0.25, -0.2) is 9.97 Å². The largest absolute Gasteiger partial charge is 0.457 e. The third kappa shape index (κ3) is 6.12. The van der Waals surface area contributed by atoms with Crippen molar-refractivity contribution < 1.29 is 9.47 Å². The van der Waals surface area contributed by atoms with Crippen molar-refractivity contribution in [1.29, 1.82) is 0 Å². The molecule has 0 aliphatic heterocycles. The third-order valence-corrected chi connectivity index (χ3v) is 13.7. The average molecular weight is 929 g/mol. The van der Waals surface area contributed by atoms with Crippen molar-refractivity contribution >= 4 is 87.2 Å².